The van der Waals surface area contributed by atoms with Gasteiger partial charge in [0.15, 0.2) is 0 Å². The van der Waals surface area contributed by atoms with Crippen LogP contribution < -0.4 is 0 Å². The van der Waals surface area contributed by atoms with Crippen LogP contribution in [0.2, 0.25) is 0 Å². The maximum atomic E-state index is 9.31. The first-order chi connectivity index (χ1) is 9.86. The second kappa shape index (κ2) is 5.83. The third-order valence-electron chi connectivity index (χ3n) is 2.75. The van der Waals surface area contributed by atoms with Crippen LogP contribution in [0.15, 0.2) is 53.2 Å². The predicted molar refractivity (Wildman–Crippen MR) is 85.4 cm³/mol. The molecule has 0 spiro atoms. The second-order valence-electron chi connectivity index (χ2n) is 4.09. The van der Waals surface area contributed by atoms with E-state index in [-0.39, 0.29) is 0 Å². The molecule has 3 rings (SSSR count). The smallest absolute Gasteiger partial charge is 0.134 e. The first-order valence-corrected chi connectivity index (χ1v) is 7.79. The third-order valence-corrected chi connectivity index (χ3v) is 4.45. The van der Waals surface area contributed by atoms with Crippen molar-refractivity contribution in [2.24, 2.45) is 0 Å². The fourth-order valence-corrected chi connectivity index (χ4v) is 3.25. The lowest BCUT2D eigenvalue weighted by atomic mass is 10.2. The summed E-state index contributed by atoms with van der Waals surface area (Å²) in [6.45, 7) is 0. The van der Waals surface area contributed by atoms with Crippen LogP contribution in [0.1, 0.15) is 9.88 Å². The molecule has 0 unspecified atom stereocenters. The highest BCUT2D eigenvalue weighted by molar-refractivity contribution is 7.12. The fraction of sp³-hybridized carbons (Fsp3) is 0. The van der Waals surface area contributed by atoms with Crippen molar-refractivity contribution in [3.05, 3.63) is 63.1 Å². The summed E-state index contributed by atoms with van der Waals surface area (Å²) in [5.41, 5.74) is 2.60. The van der Waals surface area contributed by atoms with Crippen LogP contribution in [0.25, 0.3) is 22.9 Å². The minimum atomic E-state index is 0.611. The van der Waals surface area contributed by atoms with Crippen molar-refractivity contribution in [1.29, 1.82) is 5.26 Å². The molecule has 0 N–H and O–H groups in total. The maximum Gasteiger partial charge on any atom is 0.134 e. The first kappa shape index (κ1) is 12.8. The van der Waals surface area contributed by atoms with E-state index in [9.17, 15) is 5.26 Å². The van der Waals surface area contributed by atoms with Gasteiger partial charge in [0, 0.05) is 15.8 Å². The van der Waals surface area contributed by atoms with Crippen molar-refractivity contribution in [3.8, 4) is 17.3 Å². The van der Waals surface area contributed by atoms with E-state index < -0.39 is 0 Å². The third kappa shape index (κ3) is 2.69. The Morgan fingerprint density at radius 2 is 1.95 bits per heavy atom. The van der Waals surface area contributed by atoms with E-state index >= 15 is 0 Å². The van der Waals surface area contributed by atoms with Crippen molar-refractivity contribution in [2.45, 2.75) is 0 Å². The summed E-state index contributed by atoms with van der Waals surface area (Å²) in [7, 11) is 0. The van der Waals surface area contributed by atoms with Gasteiger partial charge in [0.2, 0.25) is 0 Å². The molecule has 0 bridgehead atoms. The highest BCUT2D eigenvalue weighted by atomic mass is 32.1. The Hall–Kier alpha value is -2.22. The van der Waals surface area contributed by atoms with Gasteiger partial charge in [0.1, 0.15) is 11.1 Å². The molecule has 2 aromatic heterocycles. The molecule has 2 heterocycles. The molecule has 0 aliphatic heterocycles. The summed E-state index contributed by atoms with van der Waals surface area (Å²) < 4.78 is 0. The first-order valence-electron chi connectivity index (χ1n) is 6.03. The molecule has 0 saturated heterocycles. The number of thiophene rings is 1. The van der Waals surface area contributed by atoms with E-state index in [1.165, 1.54) is 11.3 Å². The van der Waals surface area contributed by atoms with E-state index in [1.54, 1.807) is 11.3 Å². The standard InChI is InChI=1S/C16H10N2S2/c17-10-13(9-14-7-4-8-19-14)16-18-15(11-20-16)12-5-2-1-3-6-12/h1-9,11H/b13-9+. The molecule has 0 radical (unpaired) electrons. The molecule has 2 nitrogen and oxygen atoms in total. The second-order valence-corrected chi connectivity index (χ2v) is 5.93. The Kier molecular flexibility index (Phi) is 3.73. The predicted octanol–water partition coefficient (Wildman–Crippen LogP) is 4.94. The van der Waals surface area contributed by atoms with E-state index in [1.807, 2.05) is 59.3 Å². The van der Waals surface area contributed by atoms with Crippen LogP contribution >= 0.6 is 22.7 Å². The molecule has 0 atom stereocenters. The number of rotatable bonds is 3. The van der Waals surface area contributed by atoms with Crippen molar-refractivity contribution in [1.82, 2.24) is 4.98 Å². The van der Waals surface area contributed by atoms with E-state index in [0.29, 0.717) is 5.57 Å². The van der Waals surface area contributed by atoms with Gasteiger partial charge >= 0.3 is 0 Å². The molecule has 96 valence electrons. The molecule has 1 aromatic carbocycles. The Bertz CT molecular complexity index is 762. The van der Waals surface area contributed by atoms with Gasteiger partial charge < -0.3 is 0 Å². The lowest BCUT2D eigenvalue weighted by molar-refractivity contribution is 1.37. The largest absolute Gasteiger partial charge is 0.235 e. The number of nitriles is 1. The van der Waals surface area contributed by atoms with Crippen molar-refractivity contribution in [2.75, 3.05) is 0 Å². The zero-order valence-corrected chi connectivity index (χ0v) is 12.1. The quantitative estimate of drug-likeness (QED) is 0.642. The summed E-state index contributed by atoms with van der Waals surface area (Å²) in [5, 5.41) is 14.1. The van der Waals surface area contributed by atoms with Crippen LogP contribution in [0.4, 0.5) is 0 Å². The maximum absolute atomic E-state index is 9.31. The van der Waals surface area contributed by atoms with E-state index in [2.05, 4.69) is 11.1 Å². The number of aromatic nitrogens is 1. The average Bonchev–Trinajstić information content (AvgIpc) is 3.17. The normalized spacial score (nSPS) is 11.2. The zero-order valence-electron chi connectivity index (χ0n) is 10.5. The summed E-state index contributed by atoms with van der Waals surface area (Å²) >= 11 is 3.12. The number of benzene rings is 1. The van der Waals surface area contributed by atoms with Crippen LogP contribution in [0.5, 0.6) is 0 Å². The lowest BCUT2D eigenvalue weighted by Gasteiger charge is -1.94. The molecule has 4 heteroatoms. The Balaban J connectivity index is 1.95. The highest BCUT2D eigenvalue weighted by Gasteiger charge is 2.08. The van der Waals surface area contributed by atoms with Gasteiger partial charge in [-0.3, -0.25) is 0 Å². The number of thiazole rings is 1. The monoisotopic (exact) mass is 294 g/mol. The number of allylic oxidation sites excluding steroid dienone is 1. The van der Waals surface area contributed by atoms with Crippen molar-refractivity contribution < 1.29 is 0 Å². The summed E-state index contributed by atoms with van der Waals surface area (Å²) in [4.78, 5) is 5.63. The molecule has 20 heavy (non-hydrogen) atoms. The lowest BCUT2D eigenvalue weighted by Crippen LogP contribution is -1.81. The zero-order chi connectivity index (χ0) is 13.8. The van der Waals surface area contributed by atoms with E-state index in [4.69, 9.17) is 0 Å². The average molecular weight is 294 g/mol. The Morgan fingerprint density at radius 3 is 2.65 bits per heavy atom. The number of hydrogen-bond donors (Lipinski definition) is 0. The van der Waals surface area contributed by atoms with Crippen molar-refractivity contribution >= 4 is 34.3 Å². The van der Waals surface area contributed by atoms with Gasteiger partial charge in [-0.2, -0.15) is 5.26 Å². The van der Waals surface area contributed by atoms with E-state index in [0.717, 1.165) is 21.1 Å². The minimum absolute atomic E-state index is 0.611. The molecule has 0 aliphatic rings. The van der Waals surface area contributed by atoms with Gasteiger partial charge in [-0.1, -0.05) is 36.4 Å². The molecule has 0 aliphatic carbocycles. The highest BCUT2D eigenvalue weighted by Crippen LogP contribution is 2.27. The molecule has 0 saturated carbocycles. The summed E-state index contributed by atoms with van der Waals surface area (Å²) in [6.07, 6.45) is 1.89. The number of nitrogens with zero attached hydrogens (tertiary/aromatic N) is 2. The van der Waals surface area contributed by atoms with Gasteiger partial charge in [-0.05, 0) is 17.5 Å². The van der Waals surface area contributed by atoms with Crippen molar-refractivity contribution in [3.63, 3.8) is 0 Å². The summed E-state index contributed by atoms with van der Waals surface area (Å²) in [6, 6.07) is 16.2. The summed E-state index contributed by atoms with van der Waals surface area (Å²) in [5.74, 6) is 0. The molecule has 3 aromatic rings. The molecular weight excluding hydrogens is 284 g/mol. The van der Waals surface area contributed by atoms with Gasteiger partial charge in [0.25, 0.3) is 0 Å². The number of hydrogen-bond acceptors (Lipinski definition) is 4. The van der Waals surface area contributed by atoms with Crippen LogP contribution in [0.3, 0.4) is 0 Å². The molecule has 0 fully saturated rings. The van der Waals surface area contributed by atoms with Gasteiger partial charge in [0.05, 0.1) is 11.3 Å². The minimum Gasteiger partial charge on any atom is -0.235 e. The van der Waals surface area contributed by atoms with Gasteiger partial charge in [-0.25, -0.2) is 4.98 Å². The van der Waals surface area contributed by atoms with Crippen LogP contribution in [-0.2, 0) is 0 Å². The topological polar surface area (TPSA) is 36.7 Å². The van der Waals surface area contributed by atoms with Gasteiger partial charge in [-0.15, -0.1) is 22.7 Å². The van der Waals surface area contributed by atoms with Crippen LogP contribution in [0, 0.1) is 11.3 Å². The molecule has 0 amide bonds. The SMILES string of the molecule is N#C/C(=C\c1cccs1)c1nc(-c2ccccc2)cs1. The Morgan fingerprint density at radius 1 is 1.10 bits per heavy atom. The molecular formula is C16H10N2S2. The van der Waals surface area contributed by atoms with Crippen LogP contribution in [-0.4, -0.2) is 4.98 Å². The fourth-order valence-electron chi connectivity index (χ4n) is 1.80. The Labute approximate surface area is 125 Å².